The topological polar surface area (TPSA) is 354 Å². The van der Waals surface area contributed by atoms with Crippen molar-refractivity contribution in [2.75, 3.05) is 26.4 Å². The van der Waals surface area contributed by atoms with Crippen LogP contribution in [0.5, 0.6) is 0 Å². The summed E-state index contributed by atoms with van der Waals surface area (Å²) < 4.78 is 47.4. The summed E-state index contributed by atoms with van der Waals surface area (Å²) in [4.78, 5) is 14.2. The Balaban J connectivity index is 1.14. The number of carbonyl (C=O) groups is 1. The molecule has 4 aliphatic heterocycles. The second kappa shape index (κ2) is 19.6. The Bertz CT molecular complexity index is 1570. The Kier molecular flexibility index (Phi) is 15.3. The first-order valence-corrected chi connectivity index (χ1v) is 21.9. The number of hydrogen-bond donors (Lipinski definition) is 13. The summed E-state index contributed by atoms with van der Waals surface area (Å²) in [5, 5.41) is 136. The number of aliphatic hydroxyl groups is 13. The molecule has 0 radical (unpaired) electrons. The van der Waals surface area contributed by atoms with Gasteiger partial charge in [-0.1, -0.05) is 19.9 Å². The highest BCUT2D eigenvalue weighted by Crippen LogP contribution is 2.64. The third kappa shape index (κ3) is 9.11. The van der Waals surface area contributed by atoms with Gasteiger partial charge in [0.2, 0.25) is 6.29 Å². The molecule has 0 aromatic heterocycles. The average molecular weight is 911 g/mol. The zero-order valence-electron chi connectivity index (χ0n) is 35.3. The van der Waals surface area contributed by atoms with E-state index >= 15 is 0 Å². The first-order chi connectivity index (χ1) is 29.8. The molecule has 7 fully saturated rings. The molecule has 0 bridgehead atoms. The van der Waals surface area contributed by atoms with E-state index in [0.717, 1.165) is 6.42 Å². The van der Waals surface area contributed by atoms with E-state index in [1.54, 1.807) is 0 Å². The minimum absolute atomic E-state index is 0.0880. The quantitative estimate of drug-likeness (QED) is 0.0524. The molecular formula is C41H66O22. The smallest absolute Gasteiger partial charge is 0.314 e. The predicted molar refractivity (Wildman–Crippen MR) is 206 cm³/mol. The van der Waals surface area contributed by atoms with Gasteiger partial charge >= 0.3 is 5.97 Å². The summed E-state index contributed by atoms with van der Waals surface area (Å²) in [5.41, 5.74) is -0.899. The average Bonchev–Trinajstić information content (AvgIpc) is 3.26. The molecule has 4 saturated heterocycles. The van der Waals surface area contributed by atoms with Crippen molar-refractivity contribution in [3.05, 3.63) is 12.2 Å². The van der Waals surface area contributed by atoms with Gasteiger partial charge in [0.1, 0.15) is 91.6 Å². The number of ether oxygens (including phenoxy) is 8. The van der Waals surface area contributed by atoms with Crippen LogP contribution in [0.1, 0.15) is 58.8 Å². The van der Waals surface area contributed by atoms with Gasteiger partial charge in [-0.3, -0.25) is 4.79 Å². The van der Waals surface area contributed by atoms with Gasteiger partial charge in [0.05, 0.1) is 37.9 Å². The number of fused-ring (bicyclic) bond motifs is 3. The molecule has 0 amide bonds. The molecule has 3 saturated carbocycles. The Morgan fingerprint density at radius 1 is 0.651 bits per heavy atom. The Hall–Kier alpha value is -1.59. The molecule has 362 valence electrons. The summed E-state index contributed by atoms with van der Waals surface area (Å²) in [7, 11) is 0. The molecule has 3 aliphatic carbocycles. The van der Waals surface area contributed by atoms with Crippen LogP contribution in [-0.2, 0) is 42.7 Å². The largest absolute Gasteiger partial charge is 0.432 e. The van der Waals surface area contributed by atoms with Crippen LogP contribution in [0.2, 0.25) is 0 Å². The molecule has 0 aromatic rings. The standard InChI is InChI=1S/C41H66O22/c1-15-9-16-5-6-23-40(2,7-4-8-41(23,3)39(55)63-37-32(54)29(51)26(48)21(12-43)59-37)17(16)10-19(15)57-38-34(62-35-30(52)24(46)18(45)14-56-35)33(27(49)22(13-44)60-38)61-36-31(53)28(50)25(47)20(11-42)58-36/h16-38,42-54H,1,4-14H2,2-3H3/t16?,17-,18?,19?,20?,21?,22?,23?,24?,25?,26?,27?,28?,29?,30?,31?,32?,33?,34?,35?,36?,37?,38?,40+,41-/m1/s1. The summed E-state index contributed by atoms with van der Waals surface area (Å²) in [6.07, 6.45) is -28.4. The van der Waals surface area contributed by atoms with E-state index in [2.05, 4.69) is 13.5 Å². The lowest BCUT2D eigenvalue weighted by atomic mass is 9.44. The highest BCUT2D eigenvalue weighted by Gasteiger charge is 2.62. The van der Waals surface area contributed by atoms with E-state index in [1.807, 2.05) is 6.92 Å². The maximum Gasteiger partial charge on any atom is 0.314 e. The molecule has 25 atom stereocenters. The lowest BCUT2D eigenvalue weighted by Gasteiger charge is -2.61. The first kappa shape index (κ1) is 49.3. The fourth-order valence-corrected chi connectivity index (χ4v) is 11.5. The zero-order chi connectivity index (χ0) is 45.9. The summed E-state index contributed by atoms with van der Waals surface area (Å²) >= 11 is 0. The van der Waals surface area contributed by atoms with Gasteiger partial charge in [-0.15, -0.1) is 0 Å². The van der Waals surface area contributed by atoms with Crippen molar-refractivity contribution < 1.29 is 109 Å². The van der Waals surface area contributed by atoms with Gasteiger partial charge in [0, 0.05) is 0 Å². The number of hydrogen-bond acceptors (Lipinski definition) is 22. The van der Waals surface area contributed by atoms with Crippen LogP contribution in [-0.4, -0.2) is 222 Å². The second-order valence-electron chi connectivity index (χ2n) is 19.0. The van der Waals surface area contributed by atoms with Crippen LogP contribution < -0.4 is 0 Å². The van der Waals surface area contributed by atoms with Gasteiger partial charge in [0.15, 0.2) is 18.9 Å². The predicted octanol–water partition coefficient (Wildman–Crippen LogP) is -5.01. The minimum Gasteiger partial charge on any atom is -0.432 e. The van der Waals surface area contributed by atoms with Crippen molar-refractivity contribution in [1.29, 1.82) is 0 Å². The number of rotatable bonds is 11. The molecule has 22 unspecified atom stereocenters. The van der Waals surface area contributed by atoms with E-state index in [9.17, 15) is 71.2 Å². The van der Waals surface area contributed by atoms with E-state index in [-0.39, 0.29) is 17.8 Å². The lowest BCUT2D eigenvalue weighted by molar-refractivity contribution is -0.389. The molecule has 4 heterocycles. The third-order valence-corrected chi connectivity index (χ3v) is 15.2. The number of esters is 1. The molecule has 13 N–H and O–H groups in total. The monoisotopic (exact) mass is 910 g/mol. The highest BCUT2D eigenvalue weighted by molar-refractivity contribution is 5.77. The lowest BCUT2D eigenvalue weighted by Crippen LogP contribution is -2.67. The zero-order valence-corrected chi connectivity index (χ0v) is 35.3. The minimum atomic E-state index is -1.93. The fraction of sp³-hybridized carbons (Fsp3) is 0.927. The summed E-state index contributed by atoms with van der Waals surface area (Å²) in [5.74, 6) is -0.873. The van der Waals surface area contributed by atoms with Crippen molar-refractivity contribution in [3.63, 3.8) is 0 Å². The SMILES string of the molecule is C=C1CC2CCC3[C@](C)(C(=O)OC4OC(CO)C(O)C(O)C4O)CCC[C@@]3(C)[C@@H]2CC1OC1OC(CO)C(O)C(OC2OC(CO)C(O)C(O)C2O)C1OC1OCC(O)C(O)C1O. The molecule has 63 heavy (non-hydrogen) atoms. The van der Waals surface area contributed by atoms with E-state index in [0.29, 0.717) is 44.1 Å². The Morgan fingerprint density at radius 2 is 1.21 bits per heavy atom. The van der Waals surface area contributed by atoms with Crippen LogP contribution in [0.15, 0.2) is 12.2 Å². The first-order valence-electron chi connectivity index (χ1n) is 21.9. The van der Waals surface area contributed by atoms with Crippen molar-refractivity contribution >= 4 is 5.97 Å². The van der Waals surface area contributed by atoms with Gasteiger partial charge in [-0.25, -0.2) is 0 Å². The van der Waals surface area contributed by atoms with Gasteiger partial charge in [0.25, 0.3) is 0 Å². The number of aliphatic hydroxyl groups excluding tert-OH is 13. The van der Waals surface area contributed by atoms with E-state index in [1.165, 1.54) is 0 Å². The van der Waals surface area contributed by atoms with Crippen molar-refractivity contribution in [2.24, 2.45) is 28.6 Å². The molecule has 7 aliphatic rings. The van der Waals surface area contributed by atoms with Crippen molar-refractivity contribution in [3.8, 4) is 0 Å². The molecule has 22 nitrogen and oxygen atoms in total. The molecule has 7 rings (SSSR count). The maximum absolute atomic E-state index is 14.2. The molecular weight excluding hydrogens is 844 g/mol. The second-order valence-corrected chi connectivity index (χ2v) is 19.0. The summed E-state index contributed by atoms with van der Waals surface area (Å²) in [6.45, 7) is 5.52. The maximum atomic E-state index is 14.2. The molecule has 0 spiro atoms. The fourth-order valence-electron chi connectivity index (χ4n) is 11.5. The number of carbonyl (C=O) groups excluding carboxylic acids is 1. The van der Waals surface area contributed by atoms with E-state index in [4.69, 9.17) is 37.9 Å². The Labute approximate surface area is 363 Å². The van der Waals surface area contributed by atoms with Crippen LogP contribution in [0.4, 0.5) is 0 Å². The van der Waals surface area contributed by atoms with Crippen molar-refractivity contribution in [2.45, 2.75) is 182 Å². The molecule has 0 aromatic carbocycles. The molecule has 22 heteroatoms. The van der Waals surface area contributed by atoms with Crippen LogP contribution >= 0.6 is 0 Å². The highest BCUT2D eigenvalue weighted by atomic mass is 16.8. The van der Waals surface area contributed by atoms with Gasteiger partial charge in [-0.05, 0) is 74.2 Å². The third-order valence-electron chi connectivity index (χ3n) is 15.2. The van der Waals surface area contributed by atoms with Crippen LogP contribution in [0.3, 0.4) is 0 Å². The Morgan fingerprint density at radius 3 is 1.84 bits per heavy atom. The van der Waals surface area contributed by atoms with E-state index < -0.39 is 166 Å². The van der Waals surface area contributed by atoms with Gasteiger partial charge < -0.3 is 104 Å². The van der Waals surface area contributed by atoms with Crippen LogP contribution in [0, 0.1) is 28.6 Å². The van der Waals surface area contributed by atoms with Crippen molar-refractivity contribution in [1.82, 2.24) is 0 Å². The van der Waals surface area contributed by atoms with Gasteiger partial charge in [-0.2, -0.15) is 0 Å². The normalized spacial score (nSPS) is 53.0. The summed E-state index contributed by atoms with van der Waals surface area (Å²) in [6, 6.07) is 0. The van der Waals surface area contributed by atoms with Crippen LogP contribution in [0.25, 0.3) is 0 Å².